The number of rotatable bonds is 5. The molecule has 1 aromatic heterocycles. The van der Waals surface area contributed by atoms with Gasteiger partial charge in [-0.05, 0) is 26.0 Å². The summed E-state index contributed by atoms with van der Waals surface area (Å²) in [5, 5.41) is 9.62. The molecule has 0 atom stereocenters. The third-order valence-electron chi connectivity index (χ3n) is 2.98. The monoisotopic (exact) mass is 313 g/mol. The molecule has 0 amide bonds. The summed E-state index contributed by atoms with van der Waals surface area (Å²) in [4.78, 5) is 0. The standard InChI is InChI=1S/C14H17ClFN3S/c1-4-13-17-18-14(19(13)9(2)3)20-8-10-11(15)6-5-7-12(10)16/h5-7,9H,4,8H2,1-3H3. The molecule has 3 nitrogen and oxygen atoms in total. The summed E-state index contributed by atoms with van der Waals surface area (Å²) in [6.45, 7) is 6.22. The van der Waals surface area contributed by atoms with Crippen LogP contribution in [0.3, 0.4) is 0 Å². The van der Waals surface area contributed by atoms with Gasteiger partial charge in [0.15, 0.2) is 5.16 Å². The van der Waals surface area contributed by atoms with Crippen molar-refractivity contribution < 1.29 is 4.39 Å². The largest absolute Gasteiger partial charge is 0.303 e. The van der Waals surface area contributed by atoms with Crippen molar-refractivity contribution in [1.82, 2.24) is 14.8 Å². The predicted molar refractivity (Wildman–Crippen MR) is 80.8 cm³/mol. The molecule has 1 heterocycles. The zero-order chi connectivity index (χ0) is 14.7. The molecule has 1 aromatic carbocycles. The number of hydrogen-bond acceptors (Lipinski definition) is 3. The van der Waals surface area contributed by atoms with Crippen LogP contribution in [0.15, 0.2) is 23.4 Å². The van der Waals surface area contributed by atoms with Gasteiger partial charge in [-0.1, -0.05) is 36.4 Å². The maximum atomic E-state index is 13.7. The lowest BCUT2D eigenvalue weighted by atomic mass is 10.2. The molecule has 108 valence electrons. The van der Waals surface area contributed by atoms with E-state index < -0.39 is 0 Å². The van der Waals surface area contributed by atoms with Crippen LogP contribution in [0.25, 0.3) is 0 Å². The van der Waals surface area contributed by atoms with Crippen molar-refractivity contribution in [1.29, 1.82) is 0 Å². The lowest BCUT2D eigenvalue weighted by molar-refractivity contribution is 0.528. The molecule has 0 aliphatic carbocycles. The van der Waals surface area contributed by atoms with Crippen molar-refractivity contribution in [2.75, 3.05) is 0 Å². The van der Waals surface area contributed by atoms with Gasteiger partial charge in [-0.25, -0.2) is 4.39 Å². The molecule has 0 spiro atoms. The van der Waals surface area contributed by atoms with Crippen LogP contribution in [-0.2, 0) is 12.2 Å². The summed E-state index contributed by atoms with van der Waals surface area (Å²) in [5.41, 5.74) is 0.510. The number of halogens is 2. The average molecular weight is 314 g/mol. The minimum Gasteiger partial charge on any atom is -0.303 e. The van der Waals surface area contributed by atoms with Crippen LogP contribution >= 0.6 is 23.4 Å². The topological polar surface area (TPSA) is 30.7 Å². The Bertz CT molecular complexity index is 578. The molecule has 0 N–H and O–H groups in total. The molecule has 0 unspecified atom stereocenters. The van der Waals surface area contributed by atoms with E-state index in [2.05, 4.69) is 28.6 Å². The minimum absolute atomic E-state index is 0.276. The van der Waals surface area contributed by atoms with Gasteiger partial charge in [-0.15, -0.1) is 10.2 Å². The number of aryl methyl sites for hydroxylation is 1. The van der Waals surface area contributed by atoms with Gasteiger partial charge >= 0.3 is 0 Å². The second-order valence-electron chi connectivity index (χ2n) is 4.70. The molecule has 2 aromatic rings. The number of thioether (sulfide) groups is 1. The van der Waals surface area contributed by atoms with Crippen LogP contribution in [-0.4, -0.2) is 14.8 Å². The zero-order valence-electron chi connectivity index (χ0n) is 11.7. The maximum Gasteiger partial charge on any atom is 0.191 e. The van der Waals surface area contributed by atoms with Gasteiger partial charge in [0.1, 0.15) is 11.6 Å². The van der Waals surface area contributed by atoms with Crippen molar-refractivity contribution in [2.24, 2.45) is 0 Å². The maximum absolute atomic E-state index is 13.7. The van der Waals surface area contributed by atoms with E-state index in [1.54, 1.807) is 12.1 Å². The van der Waals surface area contributed by atoms with Gasteiger partial charge in [0.25, 0.3) is 0 Å². The molecular formula is C14H17ClFN3S. The normalized spacial score (nSPS) is 11.3. The van der Waals surface area contributed by atoms with Crippen molar-refractivity contribution in [3.63, 3.8) is 0 Å². The highest BCUT2D eigenvalue weighted by Gasteiger charge is 2.15. The van der Waals surface area contributed by atoms with Gasteiger partial charge in [-0.2, -0.15) is 0 Å². The quantitative estimate of drug-likeness (QED) is 0.761. The van der Waals surface area contributed by atoms with Crippen molar-refractivity contribution in [3.8, 4) is 0 Å². The highest BCUT2D eigenvalue weighted by Crippen LogP contribution is 2.29. The van der Waals surface area contributed by atoms with Crippen molar-refractivity contribution >= 4 is 23.4 Å². The van der Waals surface area contributed by atoms with E-state index in [9.17, 15) is 4.39 Å². The summed E-state index contributed by atoms with van der Waals surface area (Å²) >= 11 is 7.49. The average Bonchev–Trinajstić information content (AvgIpc) is 2.81. The molecule has 0 saturated carbocycles. The molecule has 2 rings (SSSR count). The Labute approximate surface area is 127 Å². The Hall–Kier alpha value is -1.07. The van der Waals surface area contributed by atoms with Gasteiger partial charge in [0.2, 0.25) is 0 Å². The Morgan fingerprint density at radius 2 is 2.10 bits per heavy atom. The molecule has 0 aliphatic heterocycles. The predicted octanol–water partition coefficient (Wildman–Crippen LogP) is 4.51. The van der Waals surface area contributed by atoms with Crippen molar-refractivity contribution in [2.45, 2.75) is 44.1 Å². The Kier molecular flexibility index (Phi) is 5.05. The minimum atomic E-state index is -0.281. The van der Waals surface area contributed by atoms with E-state index in [0.29, 0.717) is 16.3 Å². The molecule has 0 aliphatic rings. The van der Waals surface area contributed by atoms with E-state index >= 15 is 0 Å². The third-order valence-corrected chi connectivity index (χ3v) is 4.30. The fourth-order valence-electron chi connectivity index (χ4n) is 1.97. The van der Waals surface area contributed by atoms with Gasteiger partial charge in [0, 0.05) is 28.8 Å². The van der Waals surface area contributed by atoms with Crippen LogP contribution in [0.5, 0.6) is 0 Å². The first-order valence-corrected chi connectivity index (χ1v) is 7.90. The lowest BCUT2D eigenvalue weighted by Crippen LogP contribution is -2.07. The fourth-order valence-corrected chi connectivity index (χ4v) is 3.40. The third kappa shape index (κ3) is 3.15. The van der Waals surface area contributed by atoms with E-state index in [4.69, 9.17) is 11.6 Å². The first-order valence-electron chi connectivity index (χ1n) is 6.54. The molecule has 20 heavy (non-hydrogen) atoms. The molecule has 0 saturated heterocycles. The van der Waals surface area contributed by atoms with Gasteiger partial charge < -0.3 is 4.57 Å². The van der Waals surface area contributed by atoms with Crippen LogP contribution in [0.1, 0.15) is 38.2 Å². The van der Waals surface area contributed by atoms with Crippen LogP contribution in [0.4, 0.5) is 4.39 Å². The second-order valence-corrected chi connectivity index (χ2v) is 6.05. The molecule has 6 heteroatoms. The van der Waals surface area contributed by atoms with E-state index in [1.807, 2.05) is 6.92 Å². The summed E-state index contributed by atoms with van der Waals surface area (Å²) in [6.07, 6.45) is 0.826. The lowest BCUT2D eigenvalue weighted by Gasteiger charge is -2.13. The summed E-state index contributed by atoms with van der Waals surface area (Å²) in [7, 11) is 0. The molecular weight excluding hydrogens is 297 g/mol. The summed E-state index contributed by atoms with van der Waals surface area (Å²) < 4.78 is 15.8. The zero-order valence-corrected chi connectivity index (χ0v) is 13.3. The van der Waals surface area contributed by atoms with E-state index in [-0.39, 0.29) is 11.9 Å². The van der Waals surface area contributed by atoms with Gasteiger partial charge in [-0.3, -0.25) is 0 Å². The molecule has 0 radical (unpaired) electrons. The second kappa shape index (κ2) is 6.59. The smallest absolute Gasteiger partial charge is 0.191 e. The summed E-state index contributed by atoms with van der Waals surface area (Å²) in [6, 6.07) is 5.01. The first-order chi connectivity index (χ1) is 9.54. The van der Waals surface area contributed by atoms with E-state index in [1.165, 1.54) is 17.8 Å². The highest BCUT2D eigenvalue weighted by atomic mass is 35.5. The van der Waals surface area contributed by atoms with Gasteiger partial charge in [0.05, 0.1) is 0 Å². The number of aromatic nitrogens is 3. The Balaban J connectivity index is 2.21. The number of hydrogen-bond donors (Lipinski definition) is 0. The SMILES string of the molecule is CCc1nnc(SCc2c(F)cccc2Cl)n1C(C)C. The first kappa shape index (κ1) is 15.3. The summed E-state index contributed by atoms with van der Waals surface area (Å²) in [5.74, 6) is 1.11. The van der Waals surface area contributed by atoms with Crippen LogP contribution in [0.2, 0.25) is 5.02 Å². The number of benzene rings is 1. The Morgan fingerprint density at radius 3 is 2.70 bits per heavy atom. The number of nitrogens with zero attached hydrogens (tertiary/aromatic N) is 3. The van der Waals surface area contributed by atoms with E-state index in [0.717, 1.165) is 17.4 Å². The Morgan fingerprint density at radius 1 is 1.35 bits per heavy atom. The molecule has 0 fully saturated rings. The van der Waals surface area contributed by atoms with Crippen molar-refractivity contribution in [3.05, 3.63) is 40.4 Å². The fraction of sp³-hybridized carbons (Fsp3) is 0.429. The molecule has 0 bridgehead atoms. The highest BCUT2D eigenvalue weighted by molar-refractivity contribution is 7.98. The van der Waals surface area contributed by atoms with Crippen LogP contribution in [0, 0.1) is 5.82 Å². The van der Waals surface area contributed by atoms with Crippen LogP contribution < -0.4 is 0 Å².